The molecule has 0 saturated carbocycles. The smallest absolute Gasteiger partial charge is 0.0303 e. The highest BCUT2D eigenvalue weighted by atomic mass is 35.5. The summed E-state index contributed by atoms with van der Waals surface area (Å²) in [4.78, 5) is 0. The lowest BCUT2D eigenvalue weighted by Gasteiger charge is -2.16. The van der Waals surface area contributed by atoms with E-state index in [0.717, 1.165) is 6.42 Å². The molecule has 0 aromatic heterocycles. The van der Waals surface area contributed by atoms with Crippen LogP contribution in [0.1, 0.15) is 31.9 Å². The van der Waals surface area contributed by atoms with Crippen LogP contribution in [-0.2, 0) is 0 Å². The molecule has 0 unspecified atom stereocenters. The quantitative estimate of drug-likeness (QED) is 0.862. The monoisotopic (exact) mass is 249 g/mol. The van der Waals surface area contributed by atoms with Gasteiger partial charge < -0.3 is 5.73 Å². The van der Waals surface area contributed by atoms with Crippen molar-refractivity contribution in [3.8, 4) is 0 Å². The van der Waals surface area contributed by atoms with Gasteiger partial charge in [-0.25, -0.2) is 0 Å². The average Bonchev–Trinajstić information content (AvgIpc) is 2.27. The summed E-state index contributed by atoms with van der Waals surface area (Å²) in [5.41, 5.74) is 7.53. The summed E-state index contributed by atoms with van der Waals surface area (Å²) in [7, 11) is 0. The van der Waals surface area contributed by atoms with Crippen LogP contribution in [0.2, 0.25) is 0 Å². The molecule has 2 aromatic rings. The Kier molecular flexibility index (Phi) is 4.98. The highest BCUT2D eigenvalue weighted by Gasteiger charge is 2.10. The summed E-state index contributed by atoms with van der Waals surface area (Å²) in [6.45, 7) is 4.43. The van der Waals surface area contributed by atoms with Gasteiger partial charge in [0.15, 0.2) is 0 Å². The number of rotatable bonds is 3. The van der Waals surface area contributed by atoms with Crippen LogP contribution in [0.15, 0.2) is 42.5 Å². The van der Waals surface area contributed by atoms with Crippen molar-refractivity contribution in [2.45, 2.75) is 26.3 Å². The molecule has 1 nitrogen and oxygen atoms in total. The Hall–Kier alpha value is -1.05. The third kappa shape index (κ3) is 3.21. The highest BCUT2D eigenvalue weighted by molar-refractivity contribution is 5.86. The molecule has 2 heteroatoms. The van der Waals surface area contributed by atoms with Gasteiger partial charge in [0.25, 0.3) is 0 Å². The second-order valence-corrected chi connectivity index (χ2v) is 4.80. The van der Waals surface area contributed by atoms with Crippen LogP contribution < -0.4 is 5.73 Å². The van der Waals surface area contributed by atoms with E-state index < -0.39 is 0 Å². The third-order valence-corrected chi connectivity index (χ3v) is 2.95. The van der Waals surface area contributed by atoms with Gasteiger partial charge in [-0.1, -0.05) is 56.3 Å². The van der Waals surface area contributed by atoms with Crippen molar-refractivity contribution in [3.05, 3.63) is 48.0 Å². The number of fused-ring (bicyclic) bond motifs is 1. The number of hydrogen-bond acceptors (Lipinski definition) is 1. The fraction of sp³-hybridized carbons (Fsp3) is 0.333. The largest absolute Gasteiger partial charge is 0.324 e. The minimum absolute atomic E-state index is 0. The van der Waals surface area contributed by atoms with Crippen LogP contribution in [0.3, 0.4) is 0 Å². The summed E-state index contributed by atoms with van der Waals surface area (Å²) >= 11 is 0. The van der Waals surface area contributed by atoms with Gasteiger partial charge in [0.05, 0.1) is 0 Å². The average molecular weight is 250 g/mol. The number of hydrogen-bond donors (Lipinski definition) is 1. The summed E-state index contributed by atoms with van der Waals surface area (Å²) in [5, 5.41) is 2.57. The Morgan fingerprint density at radius 3 is 2.35 bits per heavy atom. The van der Waals surface area contributed by atoms with E-state index in [-0.39, 0.29) is 18.4 Å². The first kappa shape index (κ1) is 14.0. The normalized spacial score (nSPS) is 12.5. The van der Waals surface area contributed by atoms with E-state index >= 15 is 0 Å². The van der Waals surface area contributed by atoms with Crippen molar-refractivity contribution >= 4 is 23.2 Å². The molecular formula is C15H20ClN. The van der Waals surface area contributed by atoms with Crippen molar-refractivity contribution in [2.75, 3.05) is 0 Å². The van der Waals surface area contributed by atoms with Gasteiger partial charge in [-0.15, -0.1) is 12.4 Å². The van der Waals surface area contributed by atoms with Crippen LogP contribution in [0.4, 0.5) is 0 Å². The minimum Gasteiger partial charge on any atom is -0.324 e. The number of benzene rings is 2. The summed E-state index contributed by atoms with van der Waals surface area (Å²) in [6, 6.07) is 15.0. The lowest BCUT2D eigenvalue weighted by molar-refractivity contribution is 0.512. The molecule has 0 aliphatic rings. The predicted octanol–water partition coefficient (Wildman–Crippen LogP) is 4.31. The molecule has 2 N–H and O–H groups in total. The molecule has 0 spiro atoms. The van der Waals surface area contributed by atoms with Gasteiger partial charge in [-0.3, -0.25) is 0 Å². The second kappa shape index (κ2) is 6.04. The standard InChI is InChI=1S/C15H19N.ClH/c1-11(2)10-15(16)14-9-5-7-12-6-3-4-8-13(12)14;/h3-9,11,15H,10,16H2,1-2H3;1H/t15-;/m1./s1. The lowest BCUT2D eigenvalue weighted by Crippen LogP contribution is -2.13. The molecule has 0 heterocycles. The Morgan fingerprint density at radius 1 is 1.00 bits per heavy atom. The maximum Gasteiger partial charge on any atom is 0.0303 e. The first-order chi connectivity index (χ1) is 7.68. The predicted molar refractivity (Wildman–Crippen MR) is 77.6 cm³/mol. The van der Waals surface area contributed by atoms with Gasteiger partial charge in [-0.2, -0.15) is 0 Å². The van der Waals surface area contributed by atoms with E-state index in [1.807, 2.05) is 0 Å². The maximum atomic E-state index is 6.26. The van der Waals surface area contributed by atoms with Crippen LogP contribution in [-0.4, -0.2) is 0 Å². The zero-order valence-electron chi connectivity index (χ0n) is 10.4. The fourth-order valence-corrected chi connectivity index (χ4v) is 2.21. The zero-order valence-corrected chi connectivity index (χ0v) is 11.2. The summed E-state index contributed by atoms with van der Waals surface area (Å²) in [6.07, 6.45) is 1.04. The van der Waals surface area contributed by atoms with Crippen LogP contribution in [0.5, 0.6) is 0 Å². The SMILES string of the molecule is CC(C)C[C@@H](N)c1cccc2ccccc12.Cl. The molecular weight excluding hydrogens is 230 g/mol. The van der Waals surface area contributed by atoms with Crippen molar-refractivity contribution < 1.29 is 0 Å². The molecule has 0 radical (unpaired) electrons. The van der Waals surface area contributed by atoms with Gasteiger partial charge >= 0.3 is 0 Å². The Balaban J connectivity index is 0.00000144. The third-order valence-electron chi connectivity index (χ3n) is 2.95. The van der Waals surface area contributed by atoms with Crippen molar-refractivity contribution in [1.82, 2.24) is 0 Å². The molecule has 0 bridgehead atoms. The van der Waals surface area contributed by atoms with Gasteiger partial charge in [0, 0.05) is 6.04 Å². The van der Waals surface area contributed by atoms with E-state index in [1.165, 1.54) is 16.3 Å². The van der Waals surface area contributed by atoms with E-state index in [9.17, 15) is 0 Å². The van der Waals surface area contributed by atoms with Gasteiger partial charge in [0.2, 0.25) is 0 Å². The maximum absolute atomic E-state index is 6.26. The summed E-state index contributed by atoms with van der Waals surface area (Å²) in [5.74, 6) is 0.633. The lowest BCUT2D eigenvalue weighted by atomic mass is 9.93. The second-order valence-electron chi connectivity index (χ2n) is 4.80. The van der Waals surface area contributed by atoms with E-state index in [4.69, 9.17) is 5.73 Å². The minimum atomic E-state index is 0. The molecule has 2 rings (SSSR count). The number of nitrogens with two attached hydrogens (primary N) is 1. The van der Waals surface area contributed by atoms with Gasteiger partial charge in [0.1, 0.15) is 0 Å². The highest BCUT2D eigenvalue weighted by Crippen LogP contribution is 2.26. The Bertz CT molecular complexity index is 474. The molecule has 0 fully saturated rings. The molecule has 0 aliphatic heterocycles. The van der Waals surface area contributed by atoms with Crippen molar-refractivity contribution in [2.24, 2.45) is 11.7 Å². The summed E-state index contributed by atoms with van der Waals surface area (Å²) < 4.78 is 0. The number of halogens is 1. The zero-order chi connectivity index (χ0) is 11.5. The molecule has 2 aromatic carbocycles. The Labute approximate surface area is 109 Å². The van der Waals surface area contributed by atoms with E-state index in [2.05, 4.69) is 56.3 Å². The van der Waals surface area contributed by atoms with E-state index in [0.29, 0.717) is 5.92 Å². The molecule has 0 saturated heterocycles. The molecule has 1 atom stereocenters. The first-order valence-corrected chi connectivity index (χ1v) is 5.91. The first-order valence-electron chi connectivity index (χ1n) is 5.91. The molecule has 0 aliphatic carbocycles. The van der Waals surface area contributed by atoms with Crippen molar-refractivity contribution in [1.29, 1.82) is 0 Å². The van der Waals surface area contributed by atoms with Crippen LogP contribution in [0, 0.1) is 5.92 Å². The van der Waals surface area contributed by atoms with E-state index in [1.54, 1.807) is 0 Å². The molecule has 17 heavy (non-hydrogen) atoms. The Morgan fingerprint density at radius 2 is 1.65 bits per heavy atom. The van der Waals surface area contributed by atoms with Gasteiger partial charge in [-0.05, 0) is 28.7 Å². The fourth-order valence-electron chi connectivity index (χ4n) is 2.21. The topological polar surface area (TPSA) is 26.0 Å². The van der Waals surface area contributed by atoms with Crippen molar-refractivity contribution in [3.63, 3.8) is 0 Å². The molecule has 92 valence electrons. The molecule has 0 amide bonds. The van der Waals surface area contributed by atoms with Crippen LogP contribution >= 0.6 is 12.4 Å². The van der Waals surface area contributed by atoms with Crippen LogP contribution in [0.25, 0.3) is 10.8 Å².